The van der Waals surface area contributed by atoms with Crippen molar-refractivity contribution in [1.82, 2.24) is 5.32 Å². The number of aliphatic hydroxyl groups is 8. The Labute approximate surface area is 259 Å². The Bertz CT molecular complexity index is 916. The van der Waals surface area contributed by atoms with Gasteiger partial charge in [0.2, 0.25) is 0 Å². The molecule has 4 rings (SSSR count). The lowest BCUT2D eigenvalue weighted by Gasteiger charge is -2.48. The summed E-state index contributed by atoms with van der Waals surface area (Å²) in [6, 6.07) is -4.07. The smallest absolute Gasteiger partial charge is 0.187 e. The second kappa shape index (κ2) is 16.1. The van der Waals surface area contributed by atoms with Gasteiger partial charge in [0, 0.05) is 31.7 Å². The molecule has 45 heavy (non-hydrogen) atoms. The van der Waals surface area contributed by atoms with Crippen molar-refractivity contribution in [1.29, 1.82) is 0 Å². The summed E-state index contributed by atoms with van der Waals surface area (Å²) in [7, 11) is 0. The van der Waals surface area contributed by atoms with Gasteiger partial charge in [-0.05, 0) is 6.42 Å². The van der Waals surface area contributed by atoms with Gasteiger partial charge in [-0.2, -0.15) is 0 Å². The van der Waals surface area contributed by atoms with Crippen molar-refractivity contribution in [3.8, 4) is 0 Å². The Balaban J connectivity index is 1.53. The van der Waals surface area contributed by atoms with Crippen molar-refractivity contribution in [2.75, 3.05) is 32.8 Å². The number of nitrogens with one attached hydrogen (secondary N) is 1. The highest BCUT2D eigenvalue weighted by atomic mass is 16.8. The highest BCUT2D eigenvalue weighted by Crippen LogP contribution is 2.34. The maximum absolute atomic E-state index is 11.4. The van der Waals surface area contributed by atoms with Gasteiger partial charge in [-0.15, -0.1) is 0 Å². The predicted octanol–water partition coefficient (Wildman–Crippen LogP) is -9.27. The van der Waals surface area contributed by atoms with Crippen LogP contribution >= 0.6 is 0 Å². The minimum atomic E-state index is -1.63. The average Bonchev–Trinajstić information content (AvgIpc) is 3.33. The molecule has 0 amide bonds. The van der Waals surface area contributed by atoms with E-state index >= 15 is 0 Å². The Morgan fingerprint density at radius 1 is 0.600 bits per heavy atom. The van der Waals surface area contributed by atoms with Gasteiger partial charge >= 0.3 is 0 Å². The fourth-order valence-corrected chi connectivity index (χ4v) is 6.16. The normalized spacial score (nSPS) is 51.0. The standard InChI is InChI=1S/C25H50N6O14/c26-4-9-15(35)17(37)12(29)23(40-9)43-20-7(28)3-8(31-1-2-32)14(34)22(20)45-25-19(39)21(11(6-33)42-25)44-24-13(30)18(38)16(36)10(5-27)41-24/h7-25,31-39H,1-6,26-30H2/t7-,8+,9+,10-,11+,12+,13+,14-,15?,16+,17-,18+,19+,20+,21+,22+,23+,24+,25-/m0/s1. The van der Waals surface area contributed by atoms with Crippen LogP contribution in [-0.2, 0) is 28.4 Å². The van der Waals surface area contributed by atoms with Gasteiger partial charge in [0.1, 0.15) is 67.1 Å². The molecule has 0 aromatic heterocycles. The lowest BCUT2D eigenvalue weighted by Crippen LogP contribution is -2.68. The van der Waals surface area contributed by atoms with Crippen LogP contribution in [0, 0.1) is 0 Å². The van der Waals surface area contributed by atoms with Crippen LogP contribution in [0.5, 0.6) is 0 Å². The molecule has 3 aliphatic heterocycles. The molecule has 1 aliphatic carbocycles. The van der Waals surface area contributed by atoms with Crippen molar-refractivity contribution < 1.29 is 69.3 Å². The van der Waals surface area contributed by atoms with Crippen molar-refractivity contribution >= 4 is 0 Å². The highest BCUT2D eigenvalue weighted by Gasteiger charge is 2.54. The van der Waals surface area contributed by atoms with Crippen molar-refractivity contribution in [3.63, 3.8) is 0 Å². The summed E-state index contributed by atoms with van der Waals surface area (Å²) in [6.07, 6.45) is -19.9. The molecule has 4 aliphatic rings. The van der Waals surface area contributed by atoms with Gasteiger partial charge in [-0.25, -0.2) is 0 Å². The third-order valence-electron chi connectivity index (χ3n) is 8.84. The molecule has 0 radical (unpaired) electrons. The number of nitrogens with two attached hydrogens (primary N) is 5. The summed E-state index contributed by atoms with van der Waals surface area (Å²) in [5, 5.41) is 86.1. The van der Waals surface area contributed by atoms with E-state index in [4.69, 9.17) is 57.1 Å². The zero-order valence-electron chi connectivity index (χ0n) is 24.6. The first-order valence-corrected chi connectivity index (χ1v) is 15.0. The minimum Gasteiger partial charge on any atom is -0.395 e. The van der Waals surface area contributed by atoms with E-state index in [1.807, 2.05) is 0 Å². The Hall–Kier alpha value is -0.800. The van der Waals surface area contributed by atoms with Crippen molar-refractivity contribution in [3.05, 3.63) is 0 Å². The predicted molar refractivity (Wildman–Crippen MR) is 149 cm³/mol. The molecular formula is C25H50N6O14. The van der Waals surface area contributed by atoms with E-state index in [1.54, 1.807) is 0 Å². The van der Waals surface area contributed by atoms with Crippen molar-refractivity contribution in [2.24, 2.45) is 28.7 Å². The Kier molecular flexibility index (Phi) is 13.2. The molecule has 1 saturated carbocycles. The molecular weight excluding hydrogens is 608 g/mol. The van der Waals surface area contributed by atoms with Crippen LogP contribution in [0.1, 0.15) is 6.42 Å². The maximum Gasteiger partial charge on any atom is 0.187 e. The van der Waals surface area contributed by atoms with E-state index in [-0.39, 0.29) is 32.7 Å². The number of rotatable bonds is 12. The summed E-state index contributed by atoms with van der Waals surface area (Å²) in [5.41, 5.74) is 29.8. The average molecular weight is 659 g/mol. The first-order valence-electron chi connectivity index (χ1n) is 15.0. The van der Waals surface area contributed by atoms with Gasteiger partial charge in [0.25, 0.3) is 0 Å². The number of hydrogen-bond donors (Lipinski definition) is 14. The van der Waals surface area contributed by atoms with Gasteiger partial charge in [0.15, 0.2) is 18.9 Å². The molecule has 0 aromatic carbocycles. The van der Waals surface area contributed by atoms with E-state index < -0.39 is 123 Å². The maximum atomic E-state index is 11.4. The van der Waals surface area contributed by atoms with Crippen LogP contribution in [0.15, 0.2) is 0 Å². The van der Waals surface area contributed by atoms with E-state index in [2.05, 4.69) is 5.32 Å². The quantitative estimate of drug-likeness (QED) is 0.0925. The zero-order chi connectivity index (χ0) is 33.2. The van der Waals surface area contributed by atoms with Gasteiger partial charge in [0.05, 0.1) is 31.4 Å². The van der Waals surface area contributed by atoms with Crippen LogP contribution < -0.4 is 34.0 Å². The molecule has 0 spiro atoms. The molecule has 3 heterocycles. The van der Waals surface area contributed by atoms with Gasteiger partial charge in [-0.3, -0.25) is 0 Å². The van der Waals surface area contributed by atoms with E-state index in [0.29, 0.717) is 0 Å². The molecule has 0 aromatic rings. The summed E-state index contributed by atoms with van der Waals surface area (Å²) in [5.74, 6) is 0. The minimum absolute atomic E-state index is 0.114. The molecule has 20 heteroatoms. The molecule has 264 valence electrons. The summed E-state index contributed by atoms with van der Waals surface area (Å²) >= 11 is 0. The number of ether oxygens (including phenoxy) is 6. The highest BCUT2D eigenvalue weighted by molar-refractivity contribution is 5.03. The third-order valence-corrected chi connectivity index (χ3v) is 8.84. The summed E-state index contributed by atoms with van der Waals surface area (Å²) in [4.78, 5) is 0. The second-order valence-electron chi connectivity index (χ2n) is 11.9. The topological polar surface area (TPSA) is 359 Å². The van der Waals surface area contributed by atoms with Crippen LogP contribution in [0.3, 0.4) is 0 Å². The molecule has 0 bridgehead atoms. The molecule has 1 unspecified atom stereocenters. The summed E-state index contributed by atoms with van der Waals surface area (Å²) in [6.45, 7) is -1.12. The number of hydrogen-bond acceptors (Lipinski definition) is 20. The second-order valence-corrected chi connectivity index (χ2v) is 11.9. The van der Waals surface area contributed by atoms with E-state index in [9.17, 15) is 40.9 Å². The van der Waals surface area contributed by atoms with Gasteiger partial charge < -0.3 is 103 Å². The number of aliphatic hydroxyl groups excluding tert-OH is 8. The molecule has 3 saturated heterocycles. The molecule has 19 N–H and O–H groups in total. The lowest BCUT2D eigenvalue weighted by atomic mass is 9.83. The Morgan fingerprint density at radius 2 is 1.09 bits per heavy atom. The lowest BCUT2D eigenvalue weighted by molar-refractivity contribution is -0.307. The van der Waals surface area contributed by atoms with E-state index in [1.165, 1.54) is 0 Å². The van der Waals surface area contributed by atoms with Gasteiger partial charge in [-0.1, -0.05) is 0 Å². The van der Waals surface area contributed by atoms with Crippen LogP contribution in [-0.4, -0.2) is 190 Å². The van der Waals surface area contributed by atoms with Crippen LogP contribution in [0.4, 0.5) is 0 Å². The first kappa shape index (κ1) is 37.0. The molecule has 20 nitrogen and oxygen atoms in total. The SMILES string of the molecule is NC[C@@H]1O[C@H](O[C@H]2[C@@H](O)[C@H](O[C@@H]3[C@@H](O)[C@H](NCCO)C[C@H](N)[C@H]3O[C@H]3O[C@H](CN)C(O)[C@@H](O)[C@H]3N)O[C@@H]2CO)[C@H](N)[C@@H](O)[C@@H]1O. The Morgan fingerprint density at radius 3 is 1.58 bits per heavy atom. The zero-order valence-corrected chi connectivity index (χ0v) is 24.6. The van der Waals surface area contributed by atoms with E-state index in [0.717, 1.165) is 0 Å². The fraction of sp³-hybridized carbons (Fsp3) is 1.00. The van der Waals surface area contributed by atoms with Crippen LogP contribution in [0.25, 0.3) is 0 Å². The fourth-order valence-electron chi connectivity index (χ4n) is 6.16. The first-order chi connectivity index (χ1) is 21.4. The summed E-state index contributed by atoms with van der Waals surface area (Å²) < 4.78 is 35.0. The van der Waals surface area contributed by atoms with Crippen molar-refractivity contribution in [2.45, 2.75) is 123 Å². The van der Waals surface area contributed by atoms with Crippen LogP contribution in [0.2, 0.25) is 0 Å². The monoisotopic (exact) mass is 658 g/mol. The molecule has 19 atom stereocenters. The molecule has 4 fully saturated rings. The third kappa shape index (κ3) is 7.76. The largest absolute Gasteiger partial charge is 0.395 e.